The molecular formula is C26H32F3N2O2+. The van der Waals surface area contributed by atoms with Crippen LogP contribution in [0, 0.1) is 0 Å². The van der Waals surface area contributed by atoms with Crippen LogP contribution in [0.3, 0.4) is 0 Å². The van der Waals surface area contributed by atoms with Crippen LogP contribution in [-0.2, 0) is 12.7 Å². The van der Waals surface area contributed by atoms with Crippen molar-refractivity contribution in [2.45, 2.75) is 57.1 Å². The molecular weight excluding hydrogens is 429 g/mol. The Kier molecular flexibility index (Phi) is 6.73. The lowest BCUT2D eigenvalue weighted by molar-refractivity contribution is -0.929. The quantitative estimate of drug-likeness (QED) is 0.421. The Morgan fingerprint density at radius 2 is 1.76 bits per heavy atom. The highest BCUT2D eigenvalue weighted by atomic mass is 19.4. The van der Waals surface area contributed by atoms with Crippen molar-refractivity contribution < 1.29 is 27.5 Å². The van der Waals surface area contributed by atoms with Gasteiger partial charge in [0, 0.05) is 22.4 Å². The zero-order valence-electron chi connectivity index (χ0n) is 19.2. The van der Waals surface area contributed by atoms with E-state index < -0.39 is 18.0 Å². The highest BCUT2D eigenvalue weighted by Gasteiger charge is 2.32. The molecule has 1 unspecified atom stereocenters. The molecule has 1 heterocycles. The normalized spacial score (nSPS) is 18.2. The van der Waals surface area contributed by atoms with E-state index in [1.165, 1.54) is 43.7 Å². The van der Waals surface area contributed by atoms with Gasteiger partial charge in [0.15, 0.2) is 0 Å². The molecule has 0 saturated heterocycles. The second-order valence-electron chi connectivity index (χ2n) is 9.73. The number of ether oxygens (including phenoxy) is 1. The Bertz CT molecular complexity index is 994. The zero-order valence-corrected chi connectivity index (χ0v) is 19.2. The molecule has 0 radical (unpaired) electrons. The number of fused-ring (bicyclic) bond motifs is 1. The number of hydrogen-bond donors (Lipinski definition) is 2. The van der Waals surface area contributed by atoms with E-state index >= 15 is 0 Å². The molecule has 33 heavy (non-hydrogen) atoms. The van der Waals surface area contributed by atoms with Crippen molar-refractivity contribution >= 4 is 11.8 Å². The molecule has 1 aliphatic heterocycles. The Hall–Kier alpha value is -2.51. The molecule has 4 nitrogen and oxygen atoms in total. The lowest BCUT2D eigenvalue weighted by atomic mass is 9.92. The van der Waals surface area contributed by atoms with Gasteiger partial charge < -0.3 is 19.6 Å². The molecule has 2 N–H and O–H groups in total. The molecule has 4 rings (SSSR count). The summed E-state index contributed by atoms with van der Waals surface area (Å²) in [5.74, 6) is 0.377. The van der Waals surface area contributed by atoms with E-state index in [4.69, 9.17) is 4.74 Å². The minimum atomic E-state index is -4.43. The fourth-order valence-electron chi connectivity index (χ4n) is 4.87. The van der Waals surface area contributed by atoms with Gasteiger partial charge in [0.1, 0.15) is 25.1 Å². The fourth-order valence-corrected chi connectivity index (χ4v) is 4.87. The van der Waals surface area contributed by atoms with Crippen LogP contribution in [0.5, 0.6) is 5.75 Å². The van der Waals surface area contributed by atoms with Crippen LogP contribution in [0.15, 0.2) is 48.0 Å². The molecule has 2 aromatic rings. The monoisotopic (exact) mass is 461 g/mol. The molecule has 0 aromatic heterocycles. The van der Waals surface area contributed by atoms with Crippen molar-refractivity contribution in [3.63, 3.8) is 0 Å². The molecule has 0 bridgehead atoms. The topological polar surface area (TPSA) is 41.5 Å². The standard InChI is InChI=1S/C26H32F3N2O2/c1-31(2,23-6-4-3-5-7-23)16-18-8-11-22(12-9-18)30-25(32)20-14-19-15-21(26(27,28)29)10-13-24(19)33-17-20/h8-15,23,25,30,32H,3-7,16-17H2,1-2H3/q+1. The number of halogens is 3. The van der Waals surface area contributed by atoms with Crippen LogP contribution in [0.1, 0.15) is 48.8 Å². The first kappa shape index (κ1) is 23.6. The summed E-state index contributed by atoms with van der Waals surface area (Å²) in [5.41, 5.74) is 2.02. The molecule has 2 aliphatic rings. The van der Waals surface area contributed by atoms with Gasteiger partial charge in [-0.05, 0) is 62.1 Å². The number of aliphatic hydroxyl groups is 1. The van der Waals surface area contributed by atoms with E-state index in [1.807, 2.05) is 12.1 Å². The summed E-state index contributed by atoms with van der Waals surface area (Å²) in [7, 11) is 4.59. The van der Waals surface area contributed by atoms with Crippen molar-refractivity contribution in [1.82, 2.24) is 0 Å². The highest BCUT2D eigenvalue weighted by Crippen LogP contribution is 2.35. The van der Waals surface area contributed by atoms with Gasteiger partial charge in [-0.3, -0.25) is 0 Å². The average Bonchev–Trinajstić information content (AvgIpc) is 2.79. The van der Waals surface area contributed by atoms with Gasteiger partial charge in [-0.2, -0.15) is 13.2 Å². The Morgan fingerprint density at radius 1 is 1.06 bits per heavy atom. The summed E-state index contributed by atoms with van der Waals surface area (Å²) in [5, 5.41) is 13.6. The third-order valence-corrected chi connectivity index (χ3v) is 6.83. The number of rotatable bonds is 6. The smallest absolute Gasteiger partial charge is 0.416 e. The predicted octanol–water partition coefficient (Wildman–Crippen LogP) is 5.82. The number of hydrogen-bond acceptors (Lipinski definition) is 3. The maximum Gasteiger partial charge on any atom is 0.416 e. The van der Waals surface area contributed by atoms with Crippen LogP contribution >= 0.6 is 0 Å². The van der Waals surface area contributed by atoms with Gasteiger partial charge in [0.25, 0.3) is 0 Å². The Labute approximate surface area is 193 Å². The number of quaternary nitrogens is 1. The molecule has 1 aliphatic carbocycles. The van der Waals surface area contributed by atoms with E-state index in [2.05, 4.69) is 31.5 Å². The second kappa shape index (κ2) is 9.39. The fraction of sp³-hybridized carbons (Fsp3) is 0.462. The van der Waals surface area contributed by atoms with Crippen molar-refractivity contribution in [1.29, 1.82) is 0 Å². The number of nitrogens with zero attached hydrogens (tertiary/aromatic N) is 1. The molecule has 1 fully saturated rings. The molecule has 178 valence electrons. The second-order valence-corrected chi connectivity index (χ2v) is 9.73. The first-order chi connectivity index (χ1) is 15.6. The lowest BCUT2D eigenvalue weighted by Gasteiger charge is -2.40. The SMILES string of the molecule is C[N+](C)(Cc1ccc(NC(O)C2=Cc3cc(C(F)(F)F)ccc3OC2)cc1)C1CCCCC1. The molecule has 1 saturated carbocycles. The molecule has 0 amide bonds. The van der Waals surface area contributed by atoms with Crippen LogP contribution in [-0.4, -0.2) is 42.6 Å². The van der Waals surface area contributed by atoms with E-state index in [0.29, 0.717) is 22.9 Å². The van der Waals surface area contributed by atoms with Gasteiger partial charge in [-0.1, -0.05) is 18.6 Å². The van der Waals surface area contributed by atoms with Crippen molar-refractivity contribution in [2.75, 3.05) is 26.0 Å². The van der Waals surface area contributed by atoms with Crippen molar-refractivity contribution in [3.05, 3.63) is 64.7 Å². The Morgan fingerprint density at radius 3 is 2.42 bits per heavy atom. The van der Waals surface area contributed by atoms with Crippen LogP contribution < -0.4 is 10.1 Å². The van der Waals surface area contributed by atoms with Crippen LogP contribution in [0.2, 0.25) is 0 Å². The molecule has 1 atom stereocenters. The Balaban J connectivity index is 1.41. The largest absolute Gasteiger partial charge is 0.488 e. The summed E-state index contributed by atoms with van der Waals surface area (Å²) in [4.78, 5) is 0. The van der Waals surface area contributed by atoms with Gasteiger partial charge >= 0.3 is 6.18 Å². The van der Waals surface area contributed by atoms with Crippen molar-refractivity contribution in [3.8, 4) is 5.75 Å². The summed E-state index contributed by atoms with van der Waals surface area (Å²) in [6.45, 7) is 1.06. The van der Waals surface area contributed by atoms with Gasteiger partial charge in [0.2, 0.25) is 0 Å². The highest BCUT2D eigenvalue weighted by molar-refractivity contribution is 5.65. The average molecular weight is 462 g/mol. The van der Waals surface area contributed by atoms with E-state index in [9.17, 15) is 18.3 Å². The van der Waals surface area contributed by atoms with E-state index in [-0.39, 0.29) is 6.61 Å². The van der Waals surface area contributed by atoms with Crippen LogP contribution in [0.25, 0.3) is 6.08 Å². The first-order valence-electron chi connectivity index (χ1n) is 11.5. The molecule has 7 heteroatoms. The third kappa shape index (κ3) is 5.71. The summed E-state index contributed by atoms with van der Waals surface area (Å²) in [6.07, 6.45) is 2.60. The van der Waals surface area contributed by atoms with Crippen molar-refractivity contribution in [2.24, 2.45) is 0 Å². The number of anilines is 1. The van der Waals surface area contributed by atoms with Gasteiger partial charge in [-0.25, -0.2) is 0 Å². The maximum absolute atomic E-state index is 13.0. The first-order valence-corrected chi connectivity index (χ1v) is 11.5. The van der Waals surface area contributed by atoms with Crippen LogP contribution in [0.4, 0.5) is 18.9 Å². The zero-order chi connectivity index (χ0) is 23.6. The summed E-state index contributed by atoms with van der Waals surface area (Å²) in [6, 6.07) is 12.0. The minimum absolute atomic E-state index is 0.109. The van der Waals surface area contributed by atoms with E-state index in [1.54, 1.807) is 6.08 Å². The molecule has 0 spiro atoms. The number of alkyl halides is 3. The molecule has 2 aromatic carbocycles. The lowest BCUT2D eigenvalue weighted by Crippen LogP contribution is -2.48. The number of aliphatic hydroxyl groups excluding tert-OH is 1. The third-order valence-electron chi connectivity index (χ3n) is 6.83. The maximum atomic E-state index is 13.0. The summed E-state index contributed by atoms with van der Waals surface area (Å²) >= 11 is 0. The minimum Gasteiger partial charge on any atom is -0.488 e. The number of nitrogens with one attached hydrogen (secondary N) is 1. The van der Waals surface area contributed by atoms with Gasteiger partial charge in [0.05, 0.1) is 25.7 Å². The number of benzene rings is 2. The predicted molar refractivity (Wildman–Crippen MR) is 124 cm³/mol. The van der Waals surface area contributed by atoms with E-state index in [0.717, 1.165) is 28.8 Å². The summed E-state index contributed by atoms with van der Waals surface area (Å²) < 4.78 is 45.6. The van der Waals surface area contributed by atoms with Gasteiger partial charge in [-0.15, -0.1) is 0 Å².